The Hall–Kier alpha value is -0.270. The molecule has 0 spiro atoms. The minimum Gasteiger partial charge on any atom is -0.327 e. The van der Waals surface area contributed by atoms with E-state index in [4.69, 9.17) is 5.73 Å². The van der Waals surface area contributed by atoms with Crippen LogP contribution in [0.25, 0.3) is 0 Å². The summed E-state index contributed by atoms with van der Waals surface area (Å²) >= 11 is 1.59. The van der Waals surface area contributed by atoms with Gasteiger partial charge in [0, 0.05) is 30.3 Å². The summed E-state index contributed by atoms with van der Waals surface area (Å²) in [6, 6.07) is -0.104. The third-order valence-corrected chi connectivity index (χ3v) is 6.39. The van der Waals surface area contributed by atoms with Gasteiger partial charge in [-0.1, -0.05) is 6.42 Å². The summed E-state index contributed by atoms with van der Waals surface area (Å²) in [6.45, 7) is 0.518. The summed E-state index contributed by atoms with van der Waals surface area (Å²) in [7, 11) is -3.22. The quantitative estimate of drug-likeness (QED) is 0.778. The van der Waals surface area contributed by atoms with Crippen LogP contribution in [0.2, 0.25) is 0 Å². The molecule has 2 N–H and O–H groups in total. The number of carbonyl (C=O) groups is 1. The van der Waals surface area contributed by atoms with Gasteiger partial charge in [0.1, 0.15) is 5.37 Å². The molecule has 1 amide bonds. The molecule has 2 aliphatic rings. The van der Waals surface area contributed by atoms with Gasteiger partial charge in [-0.25, -0.2) is 8.42 Å². The second kappa shape index (κ2) is 5.38. The number of sulfone groups is 1. The Morgan fingerprint density at radius 3 is 2.67 bits per heavy atom. The van der Waals surface area contributed by atoms with E-state index in [-0.39, 0.29) is 17.9 Å². The summed E-state index contributed by atoms with van der Waals surface area (Å²) in [6.07, 6.45) is 3.82. The lowest BCUT2D eigenvalue weighted by atomic mass is 10.0. The average molecular weight is 292 g/mol. The number of nitrogens with zero attached hydrogens (tertiary/aromatic N) is 1. The van der Waals surface area contributed by atoms with E-state index in [1.54, 1.807) is 16.7 Å². The normalized spacial score (nSPS) is 33.7. The first-order chi connectivity index (χ1) is 8.41. The molecule has 2 rings (SSSR count). The highest BCUT2D eigenvalue weighted by molar-refractivity contribution is 8.00. The van der Waals surface area contributed by atoms with Gasteiger partial charge in [-0.3, -0.25) is 4.79 Å². The second-order valence-electron chi connectivity index (χ2n) is 5.09. The van der Waals surface area contributed by atoms with E-state index in [0.717, 1.165) is 25.0 Å². The summed E-state index contributed by atoms with van der Waals surface area (Å²) in [5, 5.41) is -0.670. The molecule has 2 fully saturated rings. The molecule has 1 heterocycles. The molecule has 7 heteroatoms. The maximum atomic E-state index is 12.4. The highest BCUT2D eigenvalue weighted by atomic mass is 32.2. The Bertz CT molecular complexity index is 424. The number of hydrogen-bond donors (Lipinski definition) is 1. The first kappa shape index (κ1) is 14.1. The SMILES string of the molecule is CS(=O)(=O)C1CSCCN1C(=O)C1CCCC1N. The van der Waals surface area contributed by atoms with Crippen LogP contribution in [0.1, 0.15) is 19.3 Å². The largest absolute Gasteiger partial charge is 0.327 e. The summed E-state index contributed by atoms with van der Waals surface area (Å²) in [5.41, 5.74) is 5.94. The van der Waals surface area contributed by atoms with Crippen LogP contribution in [0.3, 0.4) is 0 Å². The van der Waals surface area contributed by atoms with Crippen LogP contribution in [0, 0.1) is 5.92 Å². The van der Waals surface area contributed by atoms with Gasteiger partial charge < -0.3 is 10.6 Å². The Morgan fingerprint density at radius 2 is 2.11 bits per heavy atom. The lowest BCUT2D eigenvalue weighted by molar-refractivity contribution is -0.136. The van der Waals surface area contributed by atoms with Gasteiger partial charge in [-0.2, -0.15) is 11.8 Å². The number of carbonyl (C=O) groups excluding carboxylic acids is 1. The molecule has 0 bridgehead atoms. The van der Waals surface area contributed by atoms with Crippen molar-refractivity contribution >= 4 is 27.5 Å². The summed E-state index contributed by atoms with van der Waals surface area (Å²) in [5.74, 6) is 1.04. The van der Waals surface area contributed by atoms with Crippen LogP contribution in [0.5, 0.6) is 0 Å². The van der Waals surface area contributed by atoms with Gasteiger partial charge in [-0.15, -0.1) is 0 Å². The topological polar surface area (TPSA) is 80.5 Å². The molecule has 0 aromatic rings. The van der Waals surface area contributed by atoms with Gasteiger partial charge >= 0.3 is 0 Å². The van der Waals surface area contributed by atoms with E-state index in [9.17, 15) is 13.2 Å². The third kappa shape index (κ3) is 2.83. The number of nitrogens with two attached hydrogens (primary N) is 1. The van der Waals surface area contributed by atoms with Crippen molar-refractivity contribution in [3.05, 3.63) is 0 Å². The monoisotopic (exact) mass is 292 g/mol. The van der Waals surface area contributed by atoms with Gasteiger partial charge in [-0.05, 0) is 12.8 Å². The smallest absolute Gasteiger partial charge is 0.228 e. The molecule has 3 atom stereocenters. The summed E-state index contributed by atoms with van der Waals surface area (Å²) in [4.78, 5) is 14.0. The molecule has 0 radical (unpaired) electrons. The van der Waals surface area contributed by atoms with Crippen molar-refractivity contribution in [3.63, 3.8) is 0 Å². The number of thioether (sulfide) groups is 1. The zero-order valence-corrected chi connectivity index (χ0v) is 12.2. The van der Waals surface area contributed by atoms with Crippen LogP contribution in [0.15, 0.2) is 0 Å². The molecule has 1 aliphatic carbocycles. The number of hydrogen-bond acceptors (Lipinski definition) is 5. The summed E-state index contributed by atoms with van der Waals surface area (Å²) < 4.78 is 23.5. The fraction of sp³-hybridized carbons (Fsp3) is 0.909. The molecule has 0 aromatic carbocycles. The minimum absolute atomic E-state index is 0.0595. The molecule has 1 aliphatic heterocycles. The van der Waals surface area contributed by atoms with Gasteiger partial charge in [0.05, 0.1) is 5.92 Å². The van der Waals surface area contributed by atoms with E-state index >= 15 is 0 Å². The lowest BCUT2D eigenvalue weighted by Crippen LogP contribution is -2.53. The van der Waals surface area contributed by atoms with Crippen molar-refractivity contribution < 1.29 is 13.2 Å². The Balaban J connectivity index is 2.16. The predicted octanol–water partition coefficient (Wildman–Crippen LogP) is 0.0599. The van der Waals surface area contributed by atoms with Gasteiger partial charge in [0.2, 0.25) is 5.91 Å². The number of rotatable bonds is 2. The standard InChI is InChI=1S/C11H20N2O3S2/c1-18(15,16)10-7-17-6-5-13(10)11(14)8-3-2-4-9(8)12/h8-10H,2-7,12H2,1H3. The molecule has 0 aromatic heterocycles. The number of amides is 1. The molecular weight excluding hydrogens is 272 g/mol. The zero-order valence-electron chi connectivity index (χ0n) is 10.5. The molecule has 104 valence electrons. The van der Waals surface area contributed by atoms with Crippen LogP contribution in [-0.2, 0) is 14.6 Å². The van der Waals surface area contributed by atoms with Crippen LogP contribution >= 0.6 is 11.8 Å². The molecular formula is C11H20N2O3S2. The van der Waals surface area contributed by atoms with E-state index in [2.05, 4.69) is 0 Å². The van der Waals surface area contributed by atoms with Crippen LogP contribution < -0.4 is 5.73 Å². The van der Waals surface area contributed by atoms with Crippen molar-refractivity contribution in [2.75, 3.05) is 24.3 Å². The van der Waals surface area contributed by atoms with E-state index in [1.165, 1.54) is 6.26 Å². The van der Waals surface area contributed by atoms with Crippen molar-refractivity contribution in [1.82, 2.24) is 4.90 Å². The van der Waals surface area contributed by atoms with E-state index in [0.29, 0.717) is 12.3 Å². The molecule has 1 saturated heterocycles. The second-order valence-corrected chi connectivity index (χ2v) is 8.45. The molecule has 18 heavy (non-hydrogen) atoms. The molecule has 3 unspecified atom stereocenters. The fourth-order valence-corrected chi connectivity index (χ4v) is 5.52. The Kier molecular flexibility index (Phi) is 4.23. The highest BCUT2D eigenvalue weighted by Gasteiger charge is 2.40. The fourth-order valence-electron chi connectivity index (χ4n) is 2.70. The molecule has 5 nitrogen and oxygen atoms in total. The van der Waals surface area contributed by atoms with Crippen molar-refractivity contribution in [3.8, 4) is 0 Å². The highest BCUT2D eigenvalue weighted by Crippen LogP contribution is 2.29. The Morgan fingerprint density at radius 1 is 1.39 bits per heavy atom. The first-order valence-electron chi connectivity index (χ1n) is 6.24. The van der Waals surface area contributed by atoms with Crippen molar-refractivity contribution in [2.24, 2.45) is 11.7 Å². The maximum absolute atomic E-state index is 12.4. The van der Waals surface area contributed by atoms with Crippen LogP contribution in [-0.4, -0.2) is 54.9 Å². The van der Waals surface area contributed by atoms with Gasteiger partial charge in [0.25, 0.3) is 0 Å². The third-order valence-electron chi connectivity index (χ3n) is 3.75. The van der Waals surface area contributed by atoms with Crippen molar-refractivity contribution in [2.45, 2.75) is 30.7 Å². The average Bonchev–Trinajstić information content (AvgIpc) is 2.73. The van der Waals surface area contributed by atoms with Crippen molar-refractivity contribution in [1.29, 1.82) is 0 Å². The van der Waals surface area contributed by atoms with Crippen LogP contribution in [0.4, 0.5) is 0 Å². The zero-order chi connectivity index (χ0) is 13.3. The van der Waals surface area contributed by atoms with E-state index < -0.39 is 15.2 Å². The van der Waals surface area contributed by atoms with E-state index in [1.807, 2.05) is 0 Å². The lowest BCUT2D eigenvalue weighted by Gasteiger charge is -2.36. The maximum Gasteiger partial charge on any atom is 0.228 e. The van der Waals surface area contributed by atoms with Gasteiger partial charge in [0.15, 0.2) is 9.84 Å². The minimum atomic E-state index is -3.22. The predicted molar refractivity (Wildman–Crippen MR) is 73.0 cm³/mol. The molecule has 1 saturated carbocycles. The Labute approximate surface area is 112 Å². The first-order valence-corrected chi connectivity index (χ1v) is 9.35.